The standard InChI is InChI=1S/C18H21N5O3/c1-11-8-12(2)21-17(20-11)15-10-23(6-7-26-15)18(25)14-4-5-19-16(9-14)22-13(3)24/h4-5,8-9,15H,6-7,10H2,1-3H3,(H,19,22,24)/t15-/m0/s1. The molecule has 1 N–H and O–H groups in total. The average Bonchev–Trinajstić information content (AvgIpc) is 2.60. The lowest BCUT2D eigenvalue weighted by molar-refractivity contribution is -0.114. The van der Waals surface area contributed by atoms with Crippen LogP contribution in [-0.4, -0.2) is 51.4 Å². The SMILES string of the molecule is CC(=O)Nc1cc(C(=O)N2CCO[C@H](c3nc(C)cc(C)n3)C2)ccn1. The second-order valence-electron chi connectivity index (χ2n) is 6.23. The van der Waals surface area contributed by atoms with Gasteiger partial charge in [0, 0.05) is 36.6 Å². The Balaban J connectivity index is 1.76. The number of aromatic nitrogens is 3. The number of hydrogen-bond donors (Lipinski definition) is 1. The van der Waals surface area contributed by atoms with Crippen LogP contribution < -0.4 is 5.32 Å². The van der Waals surface area contributed by atoms with Crippen LogP contribution in [0.25, 0.3) is 0 Å². The van der Waals surface area contributed by atoms with Crippen LogP contribution in [0.4, 0.5) is 5.82 Å². The van der Waals surface area contributed by atoms with Gasteiger partial charge >= 0.3 is 0 Å². The molecule has 1 aliphatic heterocycles. The van der Waals surface area contributed by atoms with Crippen molar-refractivity contribution in [2.45, 2.75) is 26.9 Å². The summed E-state index contributed by atoms with van der Waals surface area (Å²) in [5.41, 5.74) is 2.20. The van der Waals surface area contributed by atoms with E-state index in [0.29, 0.717) is 36.9 Å². The minimum absolute atomic E-state index is 0.142. The van der Waals surface area contributed by atoms with Crippen LogP contribution in [0.2, 0.25) is 0 Å². The van der Waals surface area contributed by atoms with E-state index in [1.165, 1.54) is 13.1 Å². The van der Waals surface area contributed by atoms with Crippen molar-refractivity contribution in [3.63, 3.8) is 0 Å². The zero-order valence-corrected chi connectivity index (χ0v) is 15.0. The van der Waals surface area contributed by atoms with E-state index >= 15 is 0 Å². The maximum atomic E-state index is 12.8. The number of nitrogens with zero attached hydrogens (tertiary/aromatic N) is 4. The summed E-state index contributed by atoms with van der Waals surface area (Å²) in [5.74, 6) is 0.566. The Labute approximate surface area is 151 Å². The molecule has 0 radical (unpaired) electrons. The number of rotatable bonds is 3. The number of pyridine rings is 1. The third-order valence-corrected chi connectivity index (χ3v) is 3.95. The van der Waals surface area contributed by atoms with Gasteiger partial charge in [0.25, 0.3) is 5.91 Å². The fourth-order valence-corrected chi connectivity index (χ4v) is 2.88. The summed E-state index contributed by atoms with van der Waals surface area (Å²) in [6.07, 6.45) is 1.15. The molecule has 0 bridgehead atoms. The van der Waals surface area contributed by atoms with Crippen LogP contribution >= 0.6 is 0 Å². The number of ether oxygens (including phenoxy) is 1. The van der Waals surface area contributed by atoms with Gasteiger partial charge in [0.2, 0.25) is 5.91 Å². The smallest absolute Gasteiger partial charge is 0.254 e. The first-order chi connectivity index (χ1) is 12.4. The molecule has 0 aliphatic carbocycles. The summed E-state index contributed by atoms with van der Waals surface area (Å²) in [6.45, 7) is 6.48. The number of aryl methyl sites for hydroxylation is 2. The van der Waals surface area contributed by atoms with Gasteiger partial charge in [-0.15, -0.1) is 0 Å². The summed E-state index contributed by atoms with van der Waals surface area (Å²) in [5, 5.41) is 2.58. The first-order valence-electron chi connectivity index (χ1n) is 8.39. The van der Waals surface area contributed by atoms with E-state index in [-0.39, 0.29) is 17.9 Å². The first kappa shape index (κ1) is 17.9. The Bertz CT molecular complexity index is 819. The highest BCUT2D eigenvalue weighted by Gasteiger charge is 2.28. The molecule has 0 saturated carbocycles. The Kier molecular flexibility index (Phi) is 5.22. The number of morpholine rings is 1. The molecule has 0 unspecified atom stereocenters. The second-order valence-corrected chi connectivity index (χ2v) is 6.23. The topological polar surface area (TPSA) is 97.3 Å². The van der Waals surface area contributed by atoms with Gasteiger partial charge in [-0.25, -0.2) is 15.0 Å². The van der Waals surface area contributed by atoms with Crippen molar-refractivity contribution in [2.75, 3.05) is 25.0 Å². The van der Waals surface area contributed by atoms with Crippen molar-refractivity contribution in [3.8, 4) is 0 Å². The van der Waals surface area contributed by atoms with Gasteiger partial charge in [-0.3, -0.25) is 9.59 Å². The van der Waals surface area contributed by atoms with E-state index < -0.39 is 0 Å². The molecule has 0 spiro atoms. The molecular formula is C18H21N5O3. The van der Waals surface area contributed by atoms with E-state index in [4.69, 9.17) is 4.74 Å². The lowest BCUT2D eigenvalue weighted by Crippen LogP contribution is -2.42. The highest BCUT2D eigenvalue weighted by molar-refractivity contribution is 5.96. The number of anilines is 1. The summed E-state index contributed by atoms with van der Waals surface area (Å²) < 4.78 is 5.78. The summed E-state index contributed by atoms with van der Waals surface area (Å²) >= 11 is 0. The second kappa shape index (κ2) is 7.57. The molecule has 1 atom stereocenters. The summed E-state index contributed by atoms with van der Waals surface area (Å²) in [7, 11) is 0. The molecule has 1 fully saturated rings. The van der Waals surface area contributed by atoms with Gasteiger partial charge in [-0.2, -0.15) is 0 Å². The van der Waals surface area contributed by atoms with Gasteiger partial charge in [-0.1, -0.05) is 0 Å². The zero-order valence-electron chi connectivity index (χ0n) is 15.0. The molecule has 2 amide bonds. The Morgan fingerprint density at radius 2 is 1.96 bits per heavy atom. The minimum Gasteiger partial charge on any atom is -0.367 e. The molecule has 3 rings (SSSR count). The predicted molar refractivity (Wildman–Crippen MR) is 94.6 cm³/mol. The number of carbonyl (C=O) groups excluding carboxylic acids is 2. The Morgan fingerprint density at radius 3 is 2.65 bits per heavy atom. The third-order valence-electron chi connectivity index (χ3n) is 3.95. The van der Waals surface area contributed by atoms with Crippen LogP contribution in [0.5, 0.6) is 0 Å². The lowest BCUT2D eigenvalue weighted by Gasteiger charge is -2.32. The molecule has 8 nitrogen and oxygen atoms in total. The van der Waals surface area contributed by atoms with Crippen LogP contribution in [-0.2, 0) is 9.53 Å². The largest absolute Gasteiger partial charge is 0.367 e. The van der Waals surface area contributed by atoms with E-state index in [2.05, 4.69) is 20.3 Å². The van der Waals surface area contributed by atoms with Crippen LogP contribution in [0.15, 0.2) is 24.4 Å². The van der Waals surface area contributed by atoms with Gasteiger partial charge < -0.3 is 15.0 Å². The van der Waals surface area contributed by atoms with E-state index in [1.54, 1.807) is 17.0 Å². The molecule has 136 valence electrons. The maximum Gasteiger partial charge on any atom is 0.254 e. The van der Waals surface area contributed by atoms with Crippen molar-refractivity contribution in [1.82, 2.24) is 19.9 Å². The number of carbonyl (C=O) groups is 2. The maximum absolute atomic E-state index is 12.8. The Hall–Kier alpha value is -2.87. The quantitative estimate of drug-likeness (QED) is 0.899. The van der Waals surface area contributed by atoms with E-state index in [0.717, 1.165) is 11.4 Å². The third kappa shape index (κ3) is 4.20. The summed E-state index contributed by atoms with van der Waals surface area (Å²) in [6, 6.07) is 5.10. The molecule has 0 aromatic carbocycles. The molecule has 1 aliphatic rings. The van der Waals surface area contributed by atoms with Gasteiger partial charge in [-0.05, 0) is 32.0 Å². The van der Waals surface area contributed by atoms with Crippen molar-refractivity contribution < 1.29 is 14.3 Å². The first-order valence-corrected chi connectivity index (χ1v) is 8.39. The van der Waals surface area contributed by atoms with Gasteiger partial charge in [0.1, 0.15) is 11.9 Å². The van der Waals surface area contributed by atoms with E-state index in [1.807, 2.05) is 19.9 Å². The molecule has 2 aromatic rings. The van der Waals surface area contributed by atoms with Crippen molar-refractivity contribution >= 4 is 17.6 Å². The predicted octanol–water partition coefficient (Wildman–Crippen LogP) is 1.66. The lowest BCUT2D eigenvalue weighted by atomic mass is 10.2. The molecule has 3 heterocycles. The highest BCUT2D eigenvalue weighted by Crippen LogP contribution is 2.21. The molecule has 1 saturated heterocycles. The van der Waals surface area contributed by atoms with Crippen LogP contribution in [0.1, 0.15) is 40.6 Å². The highest BCUT2D eigenvalue weighted by atomic mass is 16.5. The van der Waals surface area contributed by atoms with E-state index in [9.17, 15) is 9.59 Å². The molecule has 8 heteroatoms. The number of hydrogen-bond acceptors (Lipinski definition) is 6. The van der Waals surface area contributed by atoms with Crippen molar-refractivity contribution in [1.29, 1.82) is 0 Å². The molecule has 26 heavy (non-hydrogen) atoms. The Morgan fingerprint density at radius 1 is 1.23 bits per heavy atom. The fraction of sp³-hybridized carbons (Fsp3) is 0.389. The van der Waals surface area contributed by atoms with Gasteiger partial charge in [0.05, 0.1) is 13.2 Å². The van der Waals surface area contributed by atoms with Gasteiger partial charge in [0.15, 0.2) is 5.82 Å². The fourth-order valence-electron chi connectivity index (χ4n) is 2.88. The minimum atomic E-state index is -0.358. The van der Waals surface area contributed by atoms with Crippen molar-refractivity contribution in [2.24, 2.45) is 0 Å². The normalized spacial score (nSPS) is 17.0. The number of nitrogens with one attached hydrogen (secondary N) is 1. The van der Waals surface area contributed by atoms with Crippen molar-refractivity contribution in [3.05, 3.63) is 47.2 Å². The molecule has 2 aromatic heterocycles. The summed E-state index contributed by atoms with van der Waals surface area (Å²) in [4.78, 5) is 38.6. The average molecular weight is 355 g/mol. The van der Waals surface area contributed by atoms with Crippen LogP contribution in [0.3, 0.4) is 0 Å². The molecular weight excluding hydrogens is 334 g/mol. The van der Waals surface area contributed by atoms with Crippen LogP contribution in [0, 0.1) is 13.8 Å². The zero-order chi connectivity index (χ0) is 18.7. The monoisotopic (exact) mass is 355 g/mol. The number of amides is 2.